The van der Waals surface area contributed by atoms with Crippen molar-refractivity contribution in [1.29, 1.82) is 0 Å². The third-order valence-electron chi connectivity index (χ3n) is 1.41. The normalized spacial score (nSPS) is 8.64. The SMILES string of the molecule is CC.Cc1ccc(Cl)nc1C(=O)NN. The average Bonchev–Trinajstić information content (AvgIpc) is 2.23. The number of nitrogens with zero attached hydrogens (tertiary/aromatic N) is 1. The minimum Gasteiger partial charge on any atom is -0.289 e. The zero-order chi connectivity index (χ0) is 11.1. The van der Waals surface area contributed by atoms with Gasteiger partial charge in [0, 0.05) is 0 Å². The van der Waals surface area contributed by atoms with Gasteiger partial charge < -0.3 is 0 Å². The van der Waals surface area contributed by atoms with Gasteiger partial charge in [-0.2, -0.15) is 0 Å². The molecule has 0 radical (unpaired) electrons. The molecule has 0 atom stereocenters. The second kappa shape index (κ2) is 6.34. The van der Waals surface area contributed by atoms with Crippen LogP contribution in [0.2, 0.25) is 5.15 Å². The van der Waals surface area contributed by atoms with Crippen molar-refractivity contribution in [3.8, 4) is 0 Å². The van der Waals surface area contributed by atoms with E-state index in [1.165, 1.54) is 0 Å². The van der Waals surface area contributed by atoms with Crippen molar-refractivity contribution >= 4 is 17.5 Å². The standard InChI is InChI=1S/C7H8ClN3O.C2H6/c1-4-2-3-5(8)10-6(4)7(12)11-9;1-2/h2-3H,9H2,1H3,(H,11,12);1-2H3. The first-order valence-corrected chi connectivity index (χ1v) is 4.67. The summed E-state index contributed by atoms with van der Waals surface area (Å²) in [7, 11) is 0. The molecular weight excluding hydrogens is 202 g/mol. The lowest BCUT2D eigenvalue weighted by molar-refractivity contribution is 0.0948. The van der Waals surface area contributed by atoms with E-state index in [9.17, 15) is 4.79 Å². The number of carbonyl (C=O) groups excluding carboxylic acids is 1. The first-order valence-electron chi connectivity index (χ1n) is 4.29. The molecule has 0 spiro atoms. The highest BCUT2D eigenvalue weighted by molar-refractivity contribution is 6.29. The van der Waals surface area contributed by atoms with Crippen molar-refractivity contribution in [2.45, 2.75) is 20.8 Å². The van der Waals surface area contributed by atoms with E-state index in [4.69, 9.17) is 17.4 Å². The largest absolute Gasteiger partial charge is 0.289 e. The predicted molar refractivity (Wildman–Crippen MR) is 57.0 cm³/mol. The summed E-state index contributed by atoms with van der Waals surface area (Å²) in [5.41, 5.74) is 2.98. The molecular formula is C9H14ClN3O. The second-order valence-corrected chi connectivity index (χ2v) is 2.66. The fraction of sp³-hybridized carbons (Fsp3) is 0.333. The van der Waals surface area contributed by atoms with Crippen LogP contribution in [-0.2, 0) is 0 Å². The molecule has 0 aromatic carbocycles. The molecule has 1 amide bonds. The van der Waals surface area contributed by atoms with Crippen LogP contribution in [0.15, 0.2) is 12.1 Å². The zero-order valence-electron chi connectivity index (χ0n) is 8.47. The minimum absolute atomic E-state index is 0.255. The summed E-state index contributed by atoms with van der Waals surface area (Å²) in [5.74, 6) is 4.51. The summed E-state index contributed by atoms with van der Waals surface area (Å²) in [5, 5.41) is 0.277. The van der Waals surface area contributed by atoms with Crippen LogP contribution < -0.4 is 11.3 Å². The molecule has 0 bridgehead atoms. The molecule has 1 aromatic heterocycles. The highest BCUT2D eigenvalue weighted by Crippen LogP contribution is 2.09. The Hall–Kier alpha value is -1.13. The number of rotatable bonds is 1. The van der Waals surface area contributed by atoms with Gasteiger partial charge in [-0.15, -0.1) is 0 Å². The molecule has 1 heterocycles. The van der Waals surface area contributed by atoms with Gasteiger partial charge in [0.2, 0.25) is 0 Å². The zero-order valence-corrected chi connectivity index (χ0v) is 9.22. The lowest BCUT2D eigenvalue weighted by Crippen LogP contribution is -2.31. The Morgan fingerprint density at radius 3 is 2.57 bits per heavy atom. The summed E-state index contributed by atoms with van der Waals surface area (Å²) < 4.78 is 0. The molecule has 0 fully saturated rings. The quantitative estimate of drug-likeness (QED) is 0.324. The second-order valence-electron chi connectivity index (χ2n) is 2.27. The average molecular weight is 216 g/mol. The number of hydrogen-bond donors (Lipinski definition) is 2. The summed E-state index contributed by atoms with van der Waals surface area (Å²) in [6.45, 7) is 5.76. The maximum Gasteiger partial charge on any atom is 0.284 e. The highest BCUT2D eigenvalue weighted by atomic mass is 35.5. The monoisotopic (exact) mass is 215 g/mol. The Bertz CT molecular complexity index is 315. The molecule has 0 unspecified atom stereocenters. The van der Waals surface area contributed by atoms with Gasteiger partial charge in [0.1, 0.15) is 10.8 Å². The van der Waals surface area contributed by atoms with E-state index in [1.54, 1.807) is 19.1 Å². The van der Waals surface area contributed by atoms with Gasteiger partial charge in [-0.3, -0.25) is 10.2 Å². The third kappa shape index (κ3) is 3.32. The number of hydrazine groups is 1. The number of carbonyl (C=O) groups is 1. The van der Waals surface area contributed by atoms with Gasteiger partial charge in [-0.05, 0) is 18.6 Å². The van der Waals surface area contributed by atoms with Crippen LogP contribution in [0.3, 0.4) is 0 Å². The molecule has 0 saturated heterocycles. The van der Waals surface area contributed by atoms with Gasteiger partial charge in [-0.1, -0.05) is 31.5 Å². The summed E-state index contributed by atoms with van der Waals surface area (Å²) >= 11 is 5.59. The number of halogens is 1. The Morgan fingerprint density at radius 1 is 1.50 bits per heavy atom. The van der Waals surface area contributed by atoms with Crippen LogP contribution in [-0.4, -0.2) is 10.9 Å². The lowest BCUT2D eigenvalue weighted by atomic mass is 10.2. The van der Waals surface area contributed by atoms with E-state index in [0.717, 1.165) is 5.56 Å². The number of amides is 1. The van der Waals surface area contributed by atoms with E-state index in [2.05, 4.69) is 4.98 Å². The van der Waals surface area contributed by atoms with Crippen molar-refractivity contribution in [3.05, 3.63) is 28.5 Å². The van der Waals surface area contributed by atoms with Crippen molar-refractivity contribution in [2.24, 2.45) is 5.84 Å². The number of nitrogens with one attached hydrogen (secondary N) is 1. The smallest absolute Gasteiger partial charge is 0.284 e. The van der Waals surface area contributed by atoms with Crippen molar-refractivity contribution in [1.82, 2.24) is 10.4 Å². The van der Waals surface area contributed by atoms with E-state index in [0.29, 0.717) is 0 Å². The molecule has 1 rings (SSSR count). The molecule has 4 nitrogen and oxygen atoms in total. The maximum absolute atomic E-state index is 11.0. The fourth-order valence-corrected chi connectivity index (χ4v) is 0.951. The van der Waals surface area contributed by atoms with E-state index >= 15 is 0 Å². The Labute approximate surface area is 88.4 Å². The first-order chi connectivity index (χ1) is 6.65. The van der Waals surface area contributed by atoms with E-state index in [1.807, 2.05) is 19.3 Å². The highest BCUT2D eigenvalue weighted by Gasteiger charge is 2.08. The molecule has 14 heavy (non-hydrogen) atoms. The van der Waals surface area contributed by atoms with E-state index in [-0.39, 0.29) is 10.8 Å². The first kappa shape index (κ1) is 12.9. The Balaban J connectivity index is 0.000000791. The number of nitrogens with two attached hydrogens (primary N) is 1. The van der Waals surface area contributed by atoms with Gasteiger partial charge in [0.25, 0.3) is 5.91 Å². The molecule has 0 aliphatic rings. The molecule has 0 saturated carbocycles. The van der Waals surface area contributed by atoms with Gasteiger partial charge in [-0.25, -0.2) is 10.8 Å². The maximum atomic E-state index is 11.0. The fourth-order valence-electron chi connectivity index (χ4n) is 0.803. The van der Waals surface area contributed by atoms with Crippen LogP contribution >= 0.6 is 11.6 Å². The van der Waals surface area contributed by atoms with Crippen molar-refractivity contribution < 1.29 is 4.79 Å². The van der Waals surface area contributed by atoms with Crippen LogP contribution in [0.1, 0.15) is 29.9 Å². The van der Waals surface area contributed by atoms with Crippen LogP contribution in [0.5, 0.6) is 0 Å². The van der Waals surface area contributed by atoms with Gasteiger partial charge in [0.15, 0.2) is 0 Å². The summed E-state index contributed by atoms with van der Waals surface area (Å²) in [6.07, 6.45) is 0. The van der Waals surface area contributed by atoms with E-state index < -0.39 is 5.91 Å². The number of aryl methyl sites for hydroxylation is 1. The van der Waals surface area contributed by atoms with Crippen molar-refractivity contribution in [2.75, 3.05) is 0 Å². The number of pyridine rings is 1. The molecule has 0 aliphatic carbocycles. The minimum atomic E-state index is -0.435. The lowest BCUT2D eigenvalue weighted by Gasteiger charge is -2.02. The Morgan fingerprint density at radius 2 is 2.07 bits per heavy atom. The number of aromatic nitrogens is 1. The number of nitrogen functional groups attached to an aromatic ring is 1. The Kier molecular flexibility index (Phi) is 5.83. The van der Waals surface area contributed by atoms with Crippen molar-refractivity contribution in [3.63, 3.8) is 0 Å². The van der Waals surface area contributed by atoms with Gasteiger partial charge >= 0.3 is 0 Å². The summed E-state index contributed by atoms with van der Waals surface area (Å²) in [6, 6.07) is 3.32. The predicted octanol–water partition coefficient (Wildman–Crippen LogP) is 1.67. The third-order valence-corrected chi connectivity index (χ3v) is 1.62. The molecule has 1 aromatic rings. The van der Waals surface area contributed by atoms with Crippen LogP contribution in [0.4, 0.5) is 0 Å². The topological polar surface area (TPSA) is 68.0 Å². The molecule has 5 heteroatoms. The van der Waals surface area contributed by atoms with Crippen LogP contribution in [0, 0.1) is 6.92 Å². The number of hydrogen-bond acceptors (Lipinski definition) is 3. The van der Waals surface area contributed by atoms with Crippen LogP contribution in [0.25, 0.3) is 0 Å². The van der Waals surface area contributed by atoms with Gasteiger partial charge in [0.05, 0.1) is 0 Å². The molecule has 3 N–H and O–H groups in total. The molecule has 78 valence electrons. The molecule has 0 aliphatic heterocycles. The summed E-state index contributed by atoms with van der Waals surface area (Å²) in [4.78, 5) is 14.8.